The maximum atomic E-state index is 5.05. The molecule has 1 N–H and O–H groups in total. The fraction of sp³-hybridized carbons (Fsp3) is 1.00. The molecule has 0 aromatic rings. The van der Waals surface area contributed by atoms with Gasteiger partial charge in [0.25, 0.3) is 0 Å². The Morgan fingerprint density at radius 2 is 1.89 bits per heavy atom. The minimum absolute atomic E-state index is 0.617. The predicted molar refractivity (Wildman–Crippen MR) is 77.1 cm³/mol. The van der Waals surface area contributed by atoms with Crippen molar-refractivity contribution in [2.75, 3.05) is 46.9 Å². The van der Waals surface area contributed by atoms with Crippen molar-refractivity contribution in [1.29, 1.82) is 0 Å². The number of nitrogens with one attached hydrogen (secondary N) is 1. The van der Waals surface area contributed by atoms with Gasteiger partial charge < -0.3 is 10.1 Å². The molecule has 1 rings (SSSR count). The maximum absolute atomic E-state index is 5.05. The average Bonchev–Trinajstić information content (AvgIpc) is 2.34. The molecule has 3 atom stereocenters. The first kappa shape index (κ1) is 15.9. The number of piperazine rings is 1. The number of ether oxygens (including phenoxy) is 1. The number of rotatable bonds is 7. The number of nitrogens with zero attached hydrogens (tertiary/aromatic N) is 2. The molecule has 18 heavy (non-hydrogen) atoms. The van der Waals surface area contributed by atoms with Crippen LogP contribution in [0.4, 0.5) is 0 Å². The number of hydrogen-bond acceptors (Lipinski definition) is 4. The van der Waals surface area contributed by atoms with Crippen LogP contribution in [-0.2, 0) is 4.74 Å². The van der Waals surface area contributed by atoms with E-state index in [4.69, 9.17) is 4.74 Å². The SMILES string of the molecule is COCCCNCC(C)N1CC(C)N(C)C(C)C1. The van der Waals surface area contributed by atoms with E-state index in [1.165, 1.54) is 13.1 Å². The molecule has 1 heterocycles. The normalized spacial score (nSPS) is 28.5. The van der Waals surface area contributed by atoms with Crippen LogP contribution in [-0.4, -0.2) is 74.9 Å². The molecule has 1 fully saturated rings. The topological polar surface area (TPSA) is 27.7 Å². The third-order valence-electron chi connectivity index (χ3n) is 4.15. The Bertz CT molecular complexity index is 213. The van der Waals surface area contributed by atoms with Crippen LogP contribution in [0.5, 0.6) is 0 Å². The first-order valence-electron chi connectivity index (χ1n) is 7.22. The summed E-state index contributed by atoms with van der Waals surface area (Å²) in [7, 11) is 4.00. The van der Waals surface area contributed by atoms with Gasteiger partial charge in [-0.2, -0.15) is 0 Å². The number of likely N-dealkylation sites (N-methyl/N-ethyl adjacent to an activating group) is 1. The highest BCUT2D eigenvalue weighted by Gasteiger charge is 2.28. The van der Waals surface area contributed by atoms with Crippen LogP contribution >= 0.6 is 0 Å². The van der Waals surface area contributed by atoms with E-state index in [9.17, 15) is 0 Å². The molecule has 0 aromatic heterocycles. The Morgan fingerprint density at radius 3 is 2.44 bits per heavy atom. The van der Waals surface area contributed by atoms with Gasteiger partial charge in [0, 0.05) is 51.5 Å². The Kier molecular flexibility index (Phi) is 7.15. The van der Waals surface area contributed by atoms with Crippen molar-refractivity contribution in [1.82, 2.24) is 15.1 Å². The van der Waals surface area contributed by atoms with Crippen molar-refractivity contribution in [3.63, 3.8) is 0 Å². The van der Waals surface area contributed by atoms with Crippen molar-refractivity contribution < 1.29 is 4.74 Å². The molecule has 0 spiro atoms. The highest BCUT2D eigenvalue weighted by atomic mass is 16.5. The van der Waals surface area contributed by atoms with Crippen LogP contribution in [0.25, 0.3) is 0 Å². The summed E-state index contributed by atoms with van der Waals surface area (Å²) >= 11 is 0. The maximum Gasteiger partial charge on any atom is 0.0474 e. The fourth-order valence-corrected chi connectivity index (χ4v) is 2.59. The van der Waals surface area contributed by atoms with Crippen molar-refractivity contribution in [3.05, 3.63) is 0 Å². The van der Waals surface area contributed by atoms with Crippen LogP contribution in [0.2, 0.25) is 0 Å². The summed E-state index contributed by atoms with van der Waals surface area (Å²) in [6.45, 7) is 12.3. The van der Waals surface area contributed by atoms with E-state index >= 15 is 0 Å². The summed E-state index contributed by atoms with van der Waals surface area (Å²) < 4.78 is 5.05. The van der Waals surface area contributed by atoms with Gasteiger partial charge in [0.05, 0.1) is 0 Å². The van der Waals surface area contributed by atoms with E-state index in [-0.39, 0.29) is 0 Å². The average molecular weight is 257 g/mol. The molecule has 3 unspecified atom stereocenters. The molecule has 4 nitrogen and oxygen atoms in total. The molecule has 108 valence electrons. The minimum Gasteiger partial charge on any atom is -0.385 e. The summed E-state index contributed by atoms with van der Waals surface area (Å²) in [5.74, 6) is 0. The summed E-state index contributed by atoms with van der Waals surface area (Å²) in [5.41, 5.74) is 0. The molecule has 0 aliphatic carbocycles. The second kappa shape index (κ2) is 8.10. The van der Waals surface area contributed by atoms with Crippen LogP contribution in [0.15, 0.2) is 0 Å². The van der Waals surface area contributed by atoms with Crippen molar-refractivity contribution >= 4 is 0 Å². The van der Waals surface area contributed by atoms with Gasteiger partial charge in [0.15, 0.2) is 0 Å². The van der Waals surface area contributed by atoms with E-state index in [2.05, 4.69) is 42.9 Å². The Labute approximate surface area is 113 Å². The Hall–Kier alpha value is -0.160. The lowest BCUT2D eigenvalue weighted by Gasteiger charge is -2.45. The third kappa shape index (κ3) is 4.84. The second-order valence-corrected chi connectivity index (χ2v) is 5.72. The molecular weight excluding hydrogens is 226 g/mol. The van der Waals surface area contributed by atoms with Crippen LogP contribution < -0.4 is 5.32 Å². The van der Waals surface area contributed by atoms with Gasteiger partial charge in [-0.1, -0.05) is 0 Å². The molecule has 1 saturated heterocycles. The summed E-state index contributed by atoms with van der Waals surface area (Å²) in [5, 5.41) is 3.52. The number of hydrogen-bond donors (Lipinski definition) is 1. The largest absolute Gasteiger partial charge is 0.385 e. The number of methoxy groups -OCH3 is 1. The van der Waals surface area contributed by atoms with E-state index < -0.39 is 0 Å². The molecule has 1 aliphatic rings. The summed E-state index contributed by atoms with van der Waals surface area (Å²) in [4.78, 5) is 5.09. The van der Waals surface area contributed by atoms with E-state index in [1.807, 2.05) is 0 Å². The minimum atomic E-state index is 0.617. The quantitative estimate of drug-likeness (QED) is 0.689. The highest BCUT2D eigenvalue weighted by Crippen LogP contribution is 2.15. The van der Waals surface area contributed by atoms with E-state index in [0.29, 0.717) is 18.1 Å². The molecule has 1 aliphatic heterocycles. The van der Waals surface area contributed by atoms with Crippen LogP contribution in [0.3, 0.4) is 0 Å². The second-order valence-electron chi connectivity index (χ2n) is 5.72. The molecule has 4 heteroatoms. The Morgan fingerprint density at radius 1 is 1.28 bits per heavy atom. The molecular formula is C14H31N3O. The standard InChI is InChI=1S/C14H31N3O/c1-12(9-15-7-6-8-18-5)17-10-13(2)16(4)14(3)11-17/h12-15H,6-11H2,1-5H3. The van der Waals surface area contributed by atoms with Crippen LogP contribution in [0, 0.1) is 0 Å². The lowest BCUT2D eigenvalue weighted by Crippen LogP contribution is -2.58. The van der Waals surface area contributed by atoms with Crippen molar-refractivity contribution in [2.24, 2.45) is 0 Å². The monoisotopic (exact) mass is 257 g/mol. The first-order valence-corrected chi connectivity index (χ1v) is 7.22. The van der Waals surface area contributed by atoms with Gasteiger partial charge in [-0.3, -0.25) is 9.80 Å². The zero-order valence-corrected chi connectivity index (χ0v) is 12.8. The Balaban J connectivity index is 2.23. The molecule has 0 saturated carbocycles. The van der Waals surface area contributed by atoms with Gasteiger partial charge in [-0.25, -0.2) is 0 Å². The van der Waals surface area contributed by atoms with Gasteiger partial charge in [0.1, 0.15) is 0 Å². The van der Waals surface area contributed by atoms with E-state index in [1.54, 1.807) is 7.11 Å². The summed E-state index contributed by atoms with van der Waals surface area (Å²) in [6.07, 6.45) is 1.10. The fourth-order valence-electron chi connectivity index (χ4n) is 2.59. The molecule has 0 radical (unpaired) electrons. The van der Waals surface area contributed by atoms with Crippen molar-refractivity contribution in [2.45, 2.75) is 45.3 Å². The van der Waals surface area contributed by atoms with Gasteiger partial charge in [0.2, 0.25) is 0 Å². The third-order valence-corrected chi connectivity index (χ3v) is 4.15. The van der Waals surface area contributed by atoms with Crippen LogP contribution in [0.1, 0.15) is 27.2 Å². The molecule has 0 aromatic carbocycles. The highest BCUT2D eigenvalue weighted by molar-refractivity contribution is 4.85. The molecule has 0 amide bonds. The first-order chi connectivity index (χ1) is 8.56. The zero-order valence-electron chi connectivity index (χ0n) is 12.8. The van der Waals surface area contributed by atoms with Crippen molar-refractivity contribution in [3.8, 4) is 0 Å². The molecule has 0 bridgehead atoms. The smallest absolute Gasteiger partial charge is 0.0474 e. The van der Waals surface area contributed by atoms with Gasteiger partial charge >= 0.3 is 0 Å². The van der Waals surface area contributed by atoms with Gasteiger partial charge in [-0.05, 0) is 40.8 Å². The lowest BCUT2D eigenvalue weighted by molar-refractivity contribution is 0.0380. The van der Waals surface area contributed by atoms with E-state index in [0.717, 1.165) is 26.1 Å². The van der Waals surface area contributed by atoms with Gasteiger partial charge in [-0.15, -0.1) is 0 Å². The summed E-state index contributed by atoms with van der Waals surface area (Å²) in [6, 6.07) is 1.93. The predicted octanol–water partition coefficient (Wildman–Crippen LogP) is 1.03. The zero-order chi connectivity index (χ0) is 13.5. The lowest BCUT2D eigenvalue weighted by atomic mass is 10.1.